The Morgan fingerprint density at radius 1 is 1.14 bits per heavy atom. The summed E-state index contributed by atoms with van der Waals surface area (Å²) in [6, 6.07) is 9.68. The van der Waals surface area contributed by atoms with Gasteiger partial charge in [-0.3, -0.25) is 4.57 Å². The molecular formula is C16H13ClF2N2. The molecule has 0 N–H and O–H groups in total. The van der Waals surface area contributed by atoms with E-state index >= 15 is 0 Å². The zero-order valence-corrected chi connectivity index (χ0v) is 12.3. The molecule has 1 unspecified atom stereocenters. The molecule has 3 rings (SSSR count). The molecule has 0 aliphatic carbocycles. The van der Waals surface area contributed by atoms with Crippen LogP contribution in [0.25, 0.3) is 16.7 Å². The predicted molar refractivity (Wildman–Crippen MR) is 80.0 cm³/mol. The Morgan fingerprint density at radius 2 is 1.86 bits per heavy atom. The summed E-state index contributed by atoms with van der Waals surface area (Å²) in [6.45, 7) is 3.68. The van der Waals surface area contributed by atoms with Crippen molar-refractivity contribution in [1.29, 1.82) is 0 Å². The number of para-hydroxylation sites is 1. The maximum atomic E-state index is 14.2. The van der Waals surface area contributed by atoms with E-state index in [1.807, 2.05) is 25.1 Å². The number of rotatable bonds is 2. The molecule has 0 saturated heterocycles. The fourth-order valence-corrected chi connectivity index (χ4v) is 2.59. The third-order valence-corrected chi connectivity index (χ3v) is 3.64. The third-order valence-electron chi connectivity index (χ3n) is 3.44. The number of aromatic nitrogens is 2. The van der Waals surface area contributed by atoms with Crippen molar-refractivity contribution in [2.75, 3.05) is 0 Å². The van der Waals surface area contributed by atoms with E-state index in [1.54, 1.807) is 11.5 Å². The van der Waals surface area contributed by atoms with Gasteiger partial charge in [0.05, 0.1) is 22.1 Å². The second kappa shape index (κ2) is 5.11. The van der Waals surface area contributed by atoms with Crippen LogP contribution in [0.15, 0.2) is 36.4 Å². The highest BCUT2D eigenvalue weighted by Crippen LogP contribution is 2.31. The molecule has 0 saturated carbocycles. The number of nitrogens with zero attached hydrogens (tertiary/aromatic N) is 2. The predicted octanol–water partition coefficient (Wildman–Crippen LogP) is 4.91. The van der Waals surface area contributed by atoms with Crippen molar-refractivity contribution in [3.05, 3.63) is 59.4 Å². The topological polar surface area (TPSA) is 17.8 Å². The molecule has 1 atom stereocenters. The number of hydrogen-bond acceptors (Lipinski definition) is 1. The van der Waals surface area contributed by atoms with Gasteiger partial charge in [-0.25, -0.2) is 13.8 Å². The summed E-state index contributed by atoms with van der Waals surface area (Å²) >= 11 is 6.17. The Balaban J connectivity index is 2.43. The van der Waals surface area contributed by atoms with Crippen LogP contribution in [0.5, 0.6) is 0 Å². The van der Waals surface area contributed by atoms with Crippen molar-refractivity contribution in [1.82, 2.24) is 9.55 Å². The lowest BCUT2D eigenvalue weighted by molar-refractivity contribution is 0.504. The van der Waals surface area contributed by atoms with Gasteiger partial charge in [0, 0.05) is 0 Å². The van der Waals surface area contributed by atoms with Gasteiger partial charge in [-0.2, -0.15) is 0 Å². The number of fused-ring (bicyclic) bond motifs is 1. The van der Waals surface area contributed by atoms with E-state index in [4.69, 9.17) is 11.6 Å². The molecule has 3 aromatic rings. The SMILES string of the molecule is Cc1cccc2c1nc(C(C)Cl)n2-c1cccc(F)c1F. The summed E-state index contributed by atoms with van der Waals surface area (Å²) in [4.78, 5) is 4.50. The lowest BCUT2D eigenvalue weighted by Crippen LogP contribution is -2.05. The summed E-state index contributed by atoms with van der Waals surface area (Å²) in [5.41, 5.74) is 2.53. The maximum Gasteiger partial charge on any atom is 0.182 e. The quantitative estimate of drug-likeness (QED) is 0.615. The van der Waals surface area contributed by atoms with Gasteiger partial charge in [-0.1, -0.05) is 18.2 Å². The van der Waals surface area contributed by atoms with Crippen molar-refractivity contribution in [3.63, 3.8) is 0 Å². The monoisotopic (exact) mass is 306 g/mol. The van der Waals surface area contributed by atoms with Gasteiger partial charge in [0.2, 0.25) is 0 Å². The minimum Gasteiger partial charge on any atom is -0.292 e. The molecule has 0 aliphatic heterocycles. The summed E-state index contributed by atoms with van der Waals surface area (Å²) < 4.78 is 29.3. The van der Waals surface area contributed by atoms with E-state index in [0.29, 0.717) is 11.3 Å². The maximum absolute atomic E-state index is 14.2. The lowest BCUT2D eigenvalue weighted by atomic mass is 10.2. The molecule has 0 radical (unpaired) electrons. The molecule has 2 aromatic carbocycles. The molecule has 5 heteroatoms. The Kier molecular flexibility index (Phi) is 3.41. The average Bonchev–Trinajstić information content (AvgIpc) is 2.83. The van der Waals surface area contributed by atoms with Crippen molar-refractivity contribution in [2.24, 2.45) is 0 Å². The molecule has 2 nitrogen and oxygen atoms in total. The Morgan fingerprint density at radius 3 is 2.57 bits per heavy atom. The third kappa shape index (κ3) is 2.20. The highest BCUT2D eigenvalue weighted by atomic mass is 35.5. The van der Waals surface area contributed by atoms with E-state index in [9.17, 15) is 8.78 Å². The van der Waals surface area contributed by atoms with Crippen LogP contribution < -0.4 is 0 Å². The number of hydrogen-bond donors (Lipinski definition) is 0. The number of aryl methyl sites for hydroxylation is 1. The highest BCUT2D eigenvalue weighted by molar-refractivity contribution is 6.20. The summed E-state index contributed by atoms with van der Waals surface area (Å²) in [7, 11) is 0. The molecule has 0 amide bonds. The van der Waals surface area contributed by atoms with E-state index in [1.165, 1.54) is 12.1 Å². The van der Waals surface area contributed by atoms with Crippen LogP contribution in [0.3, 0.4) is 0 Å². The summed E-state index contributed by atoms with van der Waals surface area (Å²) in [5.74, 6) is -1.31. The van der Waals surface area contributed by atoms with Crippen molar-refractivity contribution in [3.8, 4) is 5.69 Å². The van der Waals surface area contributed by atoms with E-state index in [0.717, 1.165) is 17.1 Å². The van der Waals surface area contributed by atoms with Crippen molar-refractivity contribution < 1.29 is 8.78 Å². The van der Waals surface area contributed by atoms with Crippen LogP contribution >= 0.6 is 11.6 Å². The summed E-state index contributed by atoms with van der Waals surface area (Å²) in [5, 5.41) is -0.431. The molecule has 108 valence electrons. The van der Waals surface area contributed by atoms with Crippen LogP contribution in [0.2, 0.25) is 0 Å². The van der Waals surface area contributed by atoms with Gasteiger partial charge in [0.25, 0.3) is 0 Å². The smallest absolute Gasteiger partial charge is 0.182 e. The number of benzene rings is 2. The molecule has 0 aliphatic rings. The Bertz CT molecular complexity index is 825. The lowest BCUT2D eigenvalue weighted by Gasteiger charge is -2.11. The van der Waals surface area contributed by atoms with Gasteiger partial charge >= 0.3 is 0 Å². The first-order chi connectivity index (χ1) is 10.0. The number of alkyl halides is 1. The fourth-order valence-electron chi connectivity index (χ4n) is 2.44. The second-order valence-corrected chi connectivity index (χ2v) is 5.59. The van der Waals surface area contributed by atoms with Gasteiger partial charge in [0.15, 0.2) is 11.6 Å². The van der Waals surface area contributed by atoms with Crippen molar-refractivity contribution in [2.45, 2.75) is 19.2 Å². The van der Waals surface area contributed by atoms with E-state index < -0.39 is 17.0 Å². The van der Waals surface area contributed by atoms with Gasteiger partial charge in [-0.05, 0) is 37.6 Å². The van der Waals surface area contributed by atoms with Gasteiger partial charge in [-0.15, -0.1) is 11.6 Å². The van der Waals surface area contributed by atoms with Crippen LogP contribution in [-0.4, -0.2) is 9.55 Å². The molecule has 21 heavy (non-hydrogen) atoms. The van der Waals surface area contributed by atoms with E-state index in [-0.39, 0.29) is 5.69 Å². The molecule has 1 heterocycles. The van der Waals surface area contributed by atoms with Crippen LogP contribution in [0.4, 0.5) is 8.78 Å². The van der Waals surface area contributed by atoms with Crippen LogP contribution in [0, 0.1) is 18.6 Å². The average molecular weight is 307 g/mol. The first-order valence-corrected chi connectivity index (χ1v) is 7.00. The highest BCUT2D eigenvalue weighted by Gasteiger charge is 2.20. The van der Waals surface area contributed by atoms with E-state index in [2.05, 4.69) is 4.98 Å². The molecule has 0 fully saturated rings. The molecular weight excluding hydrogens is 294 g/mol. The zero-order valence-electron chi connectivity index (χ0n) is 11.6. The Hall–Kier alpha value is -1.94. The second-order valence-electron chi connectivity index (χ2n) is 4.94. The molecule has 0 spiro atoms. The minimum atomic E-state index is -0.906. The number of halogens is 3. The molecule has 0 bridgehead atoms. The van der Waals surface area contributed by atoms with Crippen LogP contribution in [-0.2, 0) is 0 Å². The minimum absolute atomic E-state index is 0.116. The Labute approximate surface area is 126 Å². The standard InChI is InChI=1S/C16H13ClF2N2/c1-9-5-3-8-13-15(9)20-16(10(2)17)21(13)12-7-4-6-11(18)14(12)19/h3-8,10H,1-2H3. The van der Waals surface area contributed by atoms with Crippen LogP contribution in [0.1, 0.15) is 23.7 Å². The largest absolute Gasteiger partial charge is 0.292 e. The normalized spacial score (nSPS) is 12.8. The fraction of sp³-hybridized carbons (Fsp3) is 0.188. The zero-order chi connectivity index (χ0) is 15.1. The first-order valence-electron chi connectivity index (χ1n) is 6.57. The van der Waals surface area contributed by atoms with Gasteiger partial charge < -0.3 is 0 Å². The summed E-state index contributed by atoms with van der Waals surface area (Å²) in [6.07, 6.45) is 0. The molecule has 1 aromatic heterocycles. The first kappa shape index (κ1) is 14.0. The van der Waals surface area contributed by atoms with Crippen molar-refractivity contribution >= 4 is 22.6 Å². The number of imidazole rings is 1. The van der Waals surface area contributed by atoms with Gasteiger partial charge in [0.1, 0.15) is 5.82 Å².